The van der Waals surface area contributed by atoms with Crippen molar-refractivity contribution in [2.75, 3.05) is 39.9 Å². The Hall–Kier alpha value is -4.66. The molecule has 0 amide bonds. The molecule has 1 atom stereocenters. The first-order valence-electron chi connectivity index (χ1n) is 17.5. The van der Waals surface area contributed by atoms with Crippen molar-refractivity contribution in [2.45, 2.75) is 65.8 Å². The van der Waals surface area contributed by atoms with Crippen LogP contribution >= 0.6 is 11.6 Å². The van der Waals surface area contributed by atoms with E-state index in [9.17, 15) is 10.4 Å². The van der Waals surface area contributed by atoms with Gasteiger partial charge in [0.15, 0.2) is 0 Å². The lowest BCUT2D eigenvalue weighted by Gasteiger charge is -2.24. The Bertz CT molecular complexity index is 1810. The van der Waals surface area contributed by atoms with Crippen molar-refractivity contribution in [3.05, 3.63) is 105 Å². The quantitative estimate of drug-likeness (QED) is 0.0888. The minimum atomic E-state index is -0.250. The number of ether oxygens (including phenoxy) is 3. The molecule has 276 valence electrons. The number of aliphatic hydroxyl groups excluding tert-OH is 1. The molecule has 1 aliphatic rings. The molecule has 5 rings (SSSR count). The molecule has 11 heteroatoms. The van der Waals surface area contributed by atoms with E-state index in [1.165, 1.54) is 32.1 Å². The van der Waals surface area contributed by atoms with Crippen LogP contribution in [0, 0.1) is 25.2 Å². The zero-order valence-electron chi connectivity index (χ0n) is 30.5. The Morgan fingerprint density at radius 3 is 2.37 bits per heavy atom. The molecule has 2 heterocycles. The summed E-state index contributed by atoms with van der Waals surface area (Å²) in [6, 6.07) is 20.1. The van der Waals surface area contributed by atoms with Crippen molar-refractivity contribution >= 4 is 18.1 Å². The van der Waals surface area contributed by atoms with Crippen LogP contribution in [0.1, 0.15) is 59.6 Å². The van der Waals surface area contributed by atoms with Crippen LogP contribution in [-0.4, -0.2) is 77.4 Å². The Kier molecular flexibility index (Phi) is 15.7. The lowest BCUT2D eigenvalue weighted by molar-refractivity contribution is -0.122. The van der Waals surface area contributed by atoms with Gasteiger partial charge in [0.1, 0.15) is 36.5 Å². The Morgan fingerprint density at radius 1 is 0.962 bits per heavy atom. The minimum Gasteiger partial charge on any atom is -0.493 e. The number of nitrogens with zero attached hydrogens (tertiary/aromatic N) is 4. The van der Waals surface area contributed by atoms with E-state index in [-0.39, 0.29) is 25.7 Å². The zero-order chi connectivity index (χ0) is 37.5. The van der Waals surface area contributed by atoms with E-state index >= 15 is 0 Å². The van der Waals surface area contributed by atoms with Crippen molar-refractivity contribution in [3.8, 4) is 34.4 Å². The normalized spacial score (nSPS) is 13.2. The van der Waals surface area contributed by atoms with Gasteiger partial charge in [0.25, 0.3) is 6.47 Å². The monoisotopic (exact) mass is 728 g/mol. The summed E-state index contributed by atoms with van der Waals surface area (Å²) in [6.45, 7) is 11.2. The van der Waals surface area contributed by atoms with Crippen molar-refractivity contribution in [1.82, 2.24) is 14.8 Å². The smallest absolute Gasteiger partial charge is 0.290 e. The predicted octanol–water partition coefficient (Wildman–Crippen LogP) is 7.43. The first-order valence-corrected chi connectivity index (χ1v) is 17.9. The second-order valence-electron chi connectivity index (χ2n) is 13.0. The second kappa shape index (κ2) is 20.4. The summed E-state index contributed by atoms with van der Waals surface area (Å²) in [5, 5.41) is 26.3. The Labute approximate surface area is 312 Å². The third-order valence-electron chi connectivity index (χ3n) is 9.35. The van der Waals surface area contributed by atoms with Crippen molar-refractivity contribution in [2.24, 2.45) is 0 Å². The molecule has 2 N–H and O–H groups in total. The van der Waals surface area contributed by atoms with E-state index in [1.54, 1.807) is 12.3 Å². The van der Waals surface area contributed by atoms with Gasteiger partial charge in [-0.3, -0.25) is 14.7 Å². The highest BCUT2D eigenvalue weighted by Crippen LogP contribution is 2.37. The molecule has 0 spiro atoms. The third-order valence-corrected chi connectivity index (χ3v) is 9.64. The van der Waals surface area contributed by atoms with Gasteiger partial charge in [-0.1, -0.05) is 41.9 Å². The van der Waals surface area contributed by atoms with E-state index < -0.39 is 0 Å². The fourth-order valence-corrected chi connectivity index (χ4v) is 6.36. The van der Waals surface area contributed by atoms with Gasteiger partial charge in [0, 0.05) is 48.7 Å². The number of benzene rings is 3. The fraction of sp³-hybridized carbons (Fsp3) is 0.390. The first kappa shape index (κ1) is 40.1. The first-order chi connectivity index (χ1) is 25.2. The van der Waals surface area contributed by atoms with Gasteiger partial charge in [-0.15, -0.1) is 0 Å². The zero-order valence-corrected chi connectivity index (χ0v) is 31.2. The van der Waals surface area contributed by atoms with Gasteiger partial charge < -0.3 is 29.3 Å². The number of rotatable bonds is 16. The largest absolute Gasteiger partial charge is 0.493 e. The number of pyridine rings is 1. The number of likely N-dealkylation sites (N-methyl/N-ethyl adjacent to an activating group) is 1. The Balaban J connectivity index is 0.00000195. The molecule has 1 fully saturated rings. The van der Waals surface area contributed by atoms with Crippen LogP contribution in [0.2, 0.25) is 5.02 Å². The lowest BCUT2D eigenvalue weighted by Crippen LogP contribution is -2.31. The molecule has 1 unspecified atom stereocenters. The van der Waals surface area contributed by atoms with E-state index in [1.807, 2.05) is 31.0 Å². The van der Waals surface area contributed by atoms with Gasteiger partial charge in [-0.05, 0) is 106 Å². The number of aromatic nitrogens is 1. The molecular weight excluding hydrogens is 680 g/mol. The minimum absolute atomic E-state index is 0.0301. The summed E-state index contributed by atoms with van der Waals surface area (Å²) in [6.07, 6.45) is 6.84. The number of halogens is 1. The van der Waals surface area contributed by atoms with Crippen LogP contribution in [0.4, 0.5) is 0 Å². The molecule has 10 nitrogen and oxygen atoms in total. The summed E-state index contributed by atoms with van der Waals surface area (Å²) in [5.74, 6) is 2.04. The van der Waals surface area contributed by atoms with E-state index in [2.05, 4.69) is 66.2 Å². The van der Waals surface area contributed by atoms with Crippen LogP contribution in [-0.2, 0) is 24.6 Å². The summed E-state index contributed by atoms with van der Waals surface area (Å²) in [5.41, 5.74) is 7.69. The lowest BCUT2D eigenvalue weighted by atomic mass is 9.93. The highest BCUT2D eigenvalue weighted by Gasteiger charge is 2.18. The molecule has 0 bridgehead atoms. The molecule has 1 aliphatic heterocycles. The molecule has 1 aromatic heterocycles. The van der Waals surface area contributed by atoms with Gasteiger partial charge in [0.05, 0.1) is 23.8 Å². The maximum Gasteiger partial charge on any atom is 0.290 e. The van der Waals surface area contributed by atoms with Gasteiger partial charge in [-0.25, -0.2) is 0 Å². The number of carbonyl (C=O) groups is 1. The molecular formula is C41H49ClN4O6. The number of aliphatic hydroxyl groups is 1. The highest BCUT2D eigenvalue weighted by atomic mass is 35.5. The number of hydrogen-bond donors (Lipinski definition) is 2. The molecule has 52 heavy (non-hydrogen) atoms. The molecule has 4 aromatic rings. The van der Waals surface area contributed by atoms with Crippen LogP contribution in [0.25, 0.3) is 11.1 Å². The number of likely N-dealkylation sites (tertiary alicyclic amines) is 1. The maximum absolute atomic E-state index is 9.69. The van der Waals surface area contributed by atoms with Crippen molar-refractivity contribution < 1.29 is 29.2 Å². The second-order valence-corrected chi connectivity index (χ2v) is 13.4. The summed E-state index contributed by atoms with van der Waals surface area (Å²) in [7, 11) is 1.94. The molecule has 3 aromatic carbocycles. The average Bonchev–Trinajstić information content (AvgIpc) is 3.67. The van der Waals surface area contributed by atoms with Gasteiger partial charge >= 0.3 is 0 Å². The summed E-state index contributed by atoms with van der Waals surface area (Å²) in [4.78, 5) is 17.1. The number of carboxylic acid groups (broad SMARTS) is 1. The topological polar surface area (TPSA) is 128 Å². The average molecular weight is 729 g/mol. The SMILES string of the molecule is Cc1c(COc2cc(OCc3cncc(C#N)c3)c(CN(C)C(C)CO)cc2Cl)cccc1-c1cccc(OCCCN2CCCC2)c1C.O=CO. The molecule has 1 saturated heterocycles. The highest BCUT2D eigenvalue weighted by molar-refractivity contribution is 6.32. The summed E-state index contributed by atoms with van der Waals surface area (Å²) < 4.78 is 18.9. The van der Waals surface area contributed by atoms with E-state index in [0.29, 0.717) is 41.8 Å². The van der Waals surface area contributed by atoms with Crippen LogP contribution in [0.5, 0.6) is 17.2 Å². The van der Waals surface area contributed by atoms with Crippen LogP contribution in [0.15, 0.2) is 67.0 Å². The number of nitriles is 1. The maximum atomic E-state index is 9.69. The fourth-order valence-electron chi connectivity index (χ4n) is 6.12. The van der Waals surface area contributed by atoms with Crippen LogP contribution < -0.4 is 14.2 Å². The molecule has 0 aliphatic carbocycles. The third kappa shape index (κ3) is 11.2. The number of hydrogen-bond acceptors (Lipinski definition) is 9. The standard InChI is InChI=1S/C40H47ClN4O4.CH2O2/c1-28(25-46)44(4)24-34-19-37(41)40(20-39(34)48-26-32-18-31(21-42)22-43-23-32)49-27-33-10-7-11-35(29(33)2)36-12-8-13-38(30(36)3)47-17-9-16-45-14-5-6-15-45;2-1-3/h7-8,10-13,18-20,22-23,28,46H,5-6,9,14-17,24-27H2,1-4H3;1H,(H,2,3). The van der Waals surface area contributed by atoms with Gasteiger partial charge in [0.2, 0.25) is 0 Å². The Morgan fingerprint density at radius 2 is 1.65 bits per heavy atom. The molecule has 0 radical (unpaired) electrons. The van der Waals surface area contributed by atoms with E-state index in [4.69, 9.17) is 35.7 Å². The van der Waals surface area contributed by atoms with Crippen LogP contribution in [0.3, 0.4) is 0 Å². The van der Waals surface area contributed by atoms with Gasteiger partial charge in [-0.2, -0.15) is 5.26 Å². The predicted molar refractivity (Wildman–Crippen MR) is 203 cm³/mol. The van der Waals surface area contributed by atoms with Crippen molar-refractivity contribution in [3.63, 3.8) is 0 Å². The van der Waals surface area contributed by atoms with Crippen molar-refractivity contribution in [1.29, 1.82) is 5.26 Å². The molecule has 0 saturated carbocycles. The summed E-state index contributed by atoms with van der Waals surface area (Å²) >= 11 is 6.80. The van der Waals surface area contributed by atoms with E-state index in [0.717, 1.165) is 57.7 Å².